The van der Waals surface area contributed by atoms with Crippen LogP contribution in [0.4, 0.5) is 0 Å². The minimum absolute atomic E-state index is 0.120. The Kier molecular flexibility index (Phi) is 5.74. The molecule has 1 heterocycles. The molecule has 1 aliphatic heterocycles. The summed E-state index contributed by atoms with van der Waals surface area (Å²) in [4.78, 5) is 52.7. The number of carbonyl (C=O) groups is 4. The Morgan fingerprint density at radius 1 is 1.00 bits per heavy atom. The number of benzene rings is 2. The number of Topliss-reactive ketones (excluding diaryl/α,β-unsaturated/α-hetero) is 1. The van der Waals surface area contributed by atoms with Gasteiger partial charge in [0, 0.05) is 5.56 Å². The van der Waals surface area contributed by atoms with Crippen molar-refractivity contribution in [3.05, 3.63) is 82.4 Å². The molecule has 0 bridgehead atoms. The Labute approximate surface area is 185 Å². The van der Waals surface area contributed by atoms with Crippen LogP contribution in [0.25, 0.3) is 0 Å². The molecule has 1 aliphatic carbocycles. The van der Waals surface area contributed by atoms with Gasteiger partial charge in [-0.3, -0.25) is 19.2 Å². The zero-order chi connectivity index (χ0) is 22.1. The van der Waals surface area contributed by atoms with E-state index in [2.05, 4.69) is 0 Å². The number of hydrogen-bond acceptors (Lipinski definition) is 4. The van der Waals surface area contributed by atoms with Gasteiger partial charge in [0.25, 0.3) is 17.7 Å². The number of rotatable bonds is 5. The summed E-state index contributed by atoms with van der Waals surface area (Å²) < 4.78 is 0. The van der Waals surface area contributed by atoms with Crippen molar-refractivity contribution in [2.45, 2.75) is 19.8 Å². The van der Waals surface area contributed by atoms with E-state index >= 15 is 0 Å². The van der Waals surface area contributed by atoms with Crippen molar-refractivity contribution in [3.8, 4) is 0 Å². The summed E-state index contributed by atoms with van der Waals surface area (Å²) in [6.07, 6.45) is 2.86. The Morgan fingerprint density at radius 3 is 2.35 bits per heavy atom. The normalized spacial score (nSPS) is 20.3. The summed E-state index contributed by atoms with van der Waals surface area (Å²) in [6.45, 7) is 1.47. The van der Waals surface area contributed by atoms with Gasteiger partial charge >= 0.3 is 0 Å². The number of halogens is 1. The molecule has 2 aromatic carbocycles. The first-order valence-corrected chi connectivity index (χ1v) is 10.4. The van der Waals surface area contributed by atoms with Crippen LogP contribution in [0.15, 0.2) is 66.2 Å². The molecule has 0 aromatic heterocycles. The smallest absolute Gasteiger partial charge is 0.274 e. The summed E-state index contributed by atoms with van der Waals surface area (Å²) in [7, 11) is 0. The van der Waals surface area contributed by atoms with Gasteiger partial charge < -0.3 is 0 Å². The van der Waals surface area contributed by atoms with Gasteiger partial charge in [0.2, 0.25) is 0 Å². The van der Waals surface area contributed by atoms with Gasteiger partial charge in [-0.05, 0) is 31.9 Å². The molecular formula is C24H21ClN2O4. The molecule has 158 valence electrons. The maximum absolute atomic E-state index is 13.4. The largest absolute Gasteiger partial charge is 0.292 e. The molecule has 1 fully saturated rings. The van der Waals surface area contributed by atoms with Gasteiger partial charge in [-0.15, -0.1) is 0 Å². The van der Waals surface area contributed by atoms with Crippen molar-refractivity contribution in [2.75, 3.05) is 6.54 Å². The number of carbonyl (C=O) groups excluding carboxylic acids is 4. The van der Waals surface area contributed by atoms with Gasteiger partial charge in [-0.1, -0.05) is 65.7 Å². The van der Waals surface area contributed by atoms with Crippen LogP contribution in [-0.4, -0.2) is 40.1 Å². The van der Waals surface area contributed by atoms with Crippen molar-refractivity contribution < 1.29 is 19.2 Å². The van der Waals surface area contributed by atoms with Gasteiger partial charge in [-0.25, -0.2) is 5.01 Å². The van der Waals surface area contributed by atoms with Crippen molar-refractivity contribution in [2.24, 2.45) is 11.8 Å². The summed E-state index contributed by atoms with van der Waals surface area (Å²) in [5, 5.41) is 2.00. The molecule has 2 aliphatic rings. The number of amides is 3. The van der Waals surface area contributed by atoms with Gasteiger partial charge in [-0.2, -0.15) is 5.01 Å². The second-order valence-corrected chi connectivity index (χ2v) is 8.23. The van der Waals surface area contributed by atoms with E-state index in [1.54, 1.807) is 48.5 Å². The minimum Gasteiger partial charge on any atom is -0.292 e. The highest BCUT2D eigenvalue weighted by molar-refractivity contribution is 6.34. The van der Waals surface area contributed by atoms with Gasteiger partial charge in [0.05, 0.1) is 22.4 Å². The minimum atomic E-state index is -0.667. The van der Waals surface area contributed by atoms with Crippen LogP contribution in [-0.2, 0) is 9.59 Å². The highest BCUT2D eigenvalue weighted by atomic mass is 35.5. The third-order valence-corrected chi connectivity index (χ3v) is 6.10. The van der Waals surface area contributed by atoms with E-state index in [4.69, 9.17) is 11.6 Å². The molecule has 2 atom stereocenters. The van der Waals surface area contributed by atoms with Crippen molar-refractivity contribution in [1.82, 2.24) is 10.0 Å². The highest BCUT2D eigenvalue weighted by Gasteiger charge is 2.51. The number of imide groups is 1. The third kappa shape index (κ3) is 3.91. The molecule has 0 radical (unpaired) electrons. The predicted octanol–water partition coefficient (Wildman–Crippen LogP) is 3.92. The number of allylic oxidation sites excluding steroid dienone is 2. The average molecular weight is 437 g/mol. The molecule has 6 nitrogen and oxygen atoms in total. The molecule has 2 aromatic rings. The molecule has 0 N–H and O–H groups in total. The molecular weight excluding hydrogens is 416 g/mol. The Morgan fingerprint density at radius 2 is 1.65 bits per heavy atom. The number of nitrogens with zero attached hydrogens (tertiary/aromatic N) is 2. The first-order valence-electron chi connectivity index (χ1n) is 10.1. The lowest BCUT2D eigenvalue weighted by atomic mass is 9.82. The molecule has 31 heavy (non-hydrogen) atoms. The van der Waals surface area contributed by atoms with E-state index in [1.807, 2.05) is 13.0 Å². The maximum Gasteiger partial charge on any atom is 0.274 e. The topological polar surface area (TPSA) is 74.8 Å². The Balaban J connectivity index is 1.71. The highest BCUT2D eigenvalue weighted by Crippen LogP contribution is 2.38. The van der Waals surface area contributed by atoms with E-state index in [1.165, 1.54) is 6.07 Å². The first-order chi connectivity index (χ1) is 14.9. The average Bonchev–Trinajstić information content (AvgIpc) is 3.02. The first kappa shape index (κ1) is 21.0. The fourth-order valence-corrected chi connectivity index (χ4v) is 4.33. The monoisotopic (exact) mass is 436 g/mol. The fourth-order valence-electron chi connectivity index (χ4n) is 4.12. The van der Waals surface area contributed by atoms with Crippen LogP contribution in [0.3, 0.4) is 0 Å². The van der Waals surface area contributed by atoms with E-state index in [0.717, 1.165) is 15.6 Å². The van der Waals surface area contributed by atoms with Crippen molar-refractivity contribution >= 4 is 35.1 Å². The van der Waals surface area contributed by atoms with Crippen molar-refractivity contribution in [3.63, 3.8) is 0 Å². The van der Waals surface area contributed by atoms with Crippen LogP contribution < -0.4 is 0 Å². The lowest BCUT2D eigenvalue weighted by Gasteiger charge is -2.30. The summed E-state index contributed by atoms with van der Waals surface area (Å²) in [5.41, 5.74) is 1.54. The van der Waals surface area contributed by atoms with E-state index in [0.29, 0.717) is 18.4 Å². The molecule has 3 amide bonds. The number of fused-ring (bicyclic) bond motifs is 1. The molecule has 0 spiro atoms. The van der Waals surface area contributed by atoms with Crippen molar-refractivity contribution in [1.29, 1.82) is 0 Å². The number of hydrazine groups is 1. The summed E-state index contributed by atoms with van der Waals surface area (Å²) in [6, 6.07) is 14.8. The SMILES string of the molecule is CC1=CC[C@@H]2C(=O)N(N(CC(=O)c3ccccc3)C(=O)c3ccccc3Cl)C(=O)[C@H]2C1. The maximum atomic E-state index is 13.4. The van der Waals surface area contributed by atoms with Crippen LogP contribution in [0, 0.1) is 11.8 Å². The lowest BCUT2D eigenvalue weighted by molar-refractivity contribution is -0.154. The fraction of sp³-hybridized carbons (Fsp3) is 0.250. The molecule has 4 rings (SSSR count). The molecule has 7 heteroatoms. The predicted molar refractivity (Wildman–Crippen MR) is 115 cm³/mol. The second-order valence-electron chi connectivity index (χ2n) is 7.82. The lowest BCUT2D eigenvalue weighted by Crippen LogP contribution is -2.52. The van der Waals surface area contributed by atoms with Crippen LogP contribution >= 0.6 is 11.6 Å². The van der Waals surface area contributed by atoms with E-state index in [-0.39, 0.29) is 16.4 Å². The summed E-state index contributed by atoms with van der Waals surface area (Å²) in [5.74, 6) is -3.01. The van der Waals surface area contributed by atoms with Crippen LogP contribution in [0.5, 0.6) is 0 Å². The van der Waals surface area contributed by atoms with Gasteiger partial charge in [0.15, 0.2) is 5.78 Å². The van der Waals surface area contributed by atoms with E-state index < -0.39 is 36.1 Å². The zero-order valence-electron chi connectivity index (χ0n) is 17.0. The quantitative estimate of drug-likeness (QED) is 0.404. The molecule has 1 saturated heterocycles. The molecule has 0 saturated carbocycles. The standard InChI is InChI=1S/C24H21ClN2O4/c1-15-11-12-17-19(13-15)24(31)27(23(17)30)26(14-21(28)16-7-3-2-4-8-16)22(29)18-9-5-6-10-20(18)25/h2-11,17,19H,12-14H2,1H3/t17-,19-/m0/s1. The third-order valence-electron chi connectivity index (χ3n) is 5.77. The van der Waals surface area contributed by atoms with Gasteiger partial charge in [0.1, 0.15) is 6.54 Å². The van der Waals surface area contributed by atoms with Crippen LogP contribution in [0.1, 0.15) is 40.5 Å². The van der Waals surface area contributed by atoms with Crippen LogP contribution in [0.2, 0.25) is 5.02 Å². The molecule has 0 unspecified atom stereocenters. The van der Waals surface area contributed by atoms with E-state index in [9.17, 15) is 19.2 Å². The number of ketones is 1. The Bertz CT molecular complexity index is 1100. The zero-order valence-corrected chi connectivity index (χ0v) is 17.7. The second kappa shape index (κ2) is 8.47. The Hall–Kier alpha value is -3.25. The summed E-state index contributed by atoms with van der Waals surface area (Å²) >= 11 is 6.21. The number of hydrogen-bond donors (Lipinski definition) is 0.